The van der Waals surface area contributed by atoms with E-state index < -0.39 is 0 Å². The monoisotopic (exact) mass is 401 g/mol. The predicted molar refractivity (Wildman–Crippen MR) is 124 cm³/mol. The molecular weight excluding hydrogens is 370 g/mol. The van der Waals surface area contributed by atoms with Crippen LogP contribution in [0.5, 0.6) is 0 Å². The van der Waals surface area contributed by atoms with E-state index in [1.807, 2.05) is 43.3 Å². The molecule has 2 aromatic carbocycles. The molecule has 3 rings (SSSR count). The zero-order valence-corrected chi connectivity index (χ0v) is 18.1. The van der Waals surface area contributed by atoms with Gasteiger partial charge >= 0.3 is 5.97 Å². The van der Waals surface area contributed by atoms with Gasteiger partial charge in [-0.25, -0.2) is 4.79 Å². The van der Waals surface area contributed by atoms with Gasteiger partial charge in [-0.05, 0) is 42.0 Å². The van der Waals surface area contributed by atoms with Crippen LogP contribution >= 0.6 is 0 Å². The normalized spacial score (nSPS) is 16.7. The fourth-order valence-corrected chi connectivity index (χ4v) is 3.62. The summed E-state index contributed by atoms with van der Waals surface area (Å²) in [6.07, 6.45) is 7.15. The Labute approximate surface area is 180 Å². The van der Waals surface area contributed by atoms with Gasteiger partial charge in [0, 0.05) is 18.2 Å². The second-order valence-corrected chi connectivity index (χ2v) is 7.95. The lowest BCUT2D eigenvalue weighted by Crippen LogP contribution is -2.28. The average molecular weight is 402 g/mol. The fraction of sp³-hybridized carbons (Fsp3) is 0.296. The van der Waals surface area contributed by atoms with Crippen LogP contribution in [0.25, 0.3) is 6.08 Å². The number of benzene rings is 2. The minimum Gasteiger partial charge on any atom is -0.463 e. The predicted octanol–water partition coefficient (Wildman–Crippen LogP) is 5.88. The van der Waals surface area contributed by atoms with Crippen LogP contribution in [-0.2, 0) is 9.53 Å². The van der Waals surface area contributed by atoms with Crippen LogP contribution in [-0.4, -0.2) is 19.1 Å². The van der Waals surface area contributed by atoms with E-state index in [4.69, 9.17) is 4.74 Å². The summed E-state index contributed by atoms with van der Waals surface area (Å²) in [7, 11) is 0. The zero-order valence-electron chi connectivity index (χ0n) is 18.1. The molecule has 1 aliphatic rings. The van der Waals surface area contributed by atoms with Gasteiger partial charge in [-0.15, -0.1) is 0 Å². The van der Waals surface area contributed by atoms with Gasteiger partial charge in [0.1, 0.15) is 0 Å². The second-order valence-electron chi connectivity index (χ2n) is 7.95. The summed E-state index contributed by atoms with van der Waals surface area (Å²) in [4.78, 5) is 13.0. The highest BCUT2D eigenvalue weighted by atomic mass is 16.5. The van der Waals surface area contributed by atoms with Gasteiger partial charge in [0.15, 0.2) is 0 Å². The summed E-state index contributed by atoms with van der Waals surface area (Å²) in [6.45, 7) is 7.34. The van der Waals surface area contributed by atoms with E-state index in [0.29, 0.717) is 12.5 Å². The molecule has 156 valence electrons. The largest absolute Gasteiger partial charge is 0.463 e. The van der Waals surface area contributed by atoms with Crippen molar-refractivity contribution in [2.45, 2.75) is 33.1 Å². The van der Waals surface area contributed by atoms with E-state index in [9.17, 15) is 4.79 Å². The number of hydrogen-bond donors (Lipinski definition) is 1. The van der Waals surface area contributed by atoms with E-state index in [1.165, 1.54) is 5.57 Å². The first-order valence-corrected chi connectivity index (χ1v) is 10.7. The minimum atomic E-state index is -0.236. The second kappa shape index (κ2) is 10.6. The molecule has 1 N–H and O–H groups in total. The molecule has 0 aliphatic heterocycles. The third kappa shape index (κ3) is 5.73. The molecule has 3 nitrogen and oxygen atoms in total. The molecule has 0 bridgehead atoms. The molecule has 0 saturated heterocycles. The Morgan fingerprint density at radius 1 is 1.07 bits per heavy atom. The van der Waals surface area contributed by atoms with Gasteiger partial charge in [-0.2, -0.15) is 0 Å². The van der Waals surface area contributed by atoms with Crippen molar-refractivity contribution in [3.63, 3.8) is 0 Å². The number of esters is 1. The molecule has 1 aliphatic carbocycles. The van der Waals surface area contributed by atoms with Crippen molar-refractivity contribution in [3.05, 3.63) is 101 Å². The van der Waals surface area contributed by atoms with Crippen LogP contribution in [0.4, 0.5) is 0 Å². The lowest BCUT2D eigenvalue weighted by Gasteiger charge is -2.28. The standard InChI is InChI=1S/C27H31NO2/c1-4-30-27(29)26-24(23-13-9-6-10-14-23)17-22(18-25(26)28-19-20(2)3)16-15-21-11-7-5-8-12-21/h5-16,18,20,24,28H,4,17,19H2,1-3H3/b16-15+. The van der Waals surface area contributed by atoms with E-state index in [1.54, 1.807) is 0 Å². The highest BCUT2D eigenvalue weighted by Gasteiger charge is 2.30. The highest BCUT2D eigenvalue weighted by Crippen LogP contribution is 2.38. The summed E-state index contributed by atoms with van der Waals surface area (Å²) < 4.78 is 5.45. The molecule has 0 aromatic heterocycles. The van der Waals surface area contributed by atoms with Crippen molar-refractivity contribution in [1.82, 2.24) is 5.32 Å². The lowest BCUT2D eigenvalue weighted by atomic mass is 9.80. The maximum atomic E-state index is 13.0. The number of ether oxygens (including phenoxy) is 1. The molecule has 1 unspecified atom stereocenters. The van der Waals surface area contributed by atoms with E-state index in [2.05, 4.69) is 61.7 Å². The molecule has 0 radical (unpaired) electrons. The summed E-state index contributed by atoms with van der Waals surface area (Å²) in [5.41, 5.74) is 5.07. The van der Waals surface area contributed by atoms with E-state index >= 15 is 0 Å². The number of allylic oxidation sites excluding steroid dienone is 3. The van der Waals surface area contributed by atoms with Crippen molar-refractivity contribution in [2.75, 3.05) is 13.2 Å². The first-order chi connectivity index (χ1) is 14.6. The lowest BCUT2D eigenvalue weighted by molar-refractivity contribution is -0.139. The van der Waals surface area contributed by atoms with Crippen LogP contribution in [0.1, 0.15) is 44.2 Å². The topological polar surface area (TPSA) is 38.3 Å². The molecule has 0 heterocycles. The Morgan fingerprint density at radius 3 is 2.37 bits per heavy atom. The Balaban J connectivity index is 2.03. The Morgan fingerprint density at radius 2 is 1.73 bits per heavy atom. The zero-order chi connectivity index (χ0) is 21.3. The number of nitrogens with one attached hydrogen (secondary N) is 1. The van der Waals surface area contributed by atoms with Crippen LogP contribution in [0.2, 0.25) is 0 Å². The molecule has 0 spiro atoms. The van der Waals surface area contributed by atoms with Crippen LogP contribution < -0.4 is 5.32 Å². The van der Waals surface area contributed by atoms with E-state index in [0.717, 1.165) is 35.4 Å². The van der Waals surface area contributed by atoms with Crippen LogP contribution in [0.3, 0.4) is 0 Å². The summed E-state index contributed by atoms with van der Waals surface area (Å²) in [5.74, 6) is 0.190. The van der Waals surface area contributed by atoms with Gasteiger partial charge in [-0.3, -0.25) is 0 Å². The Kier molecular flexibility index (Phi) is 7.67. The smallest absolute Gasteiger partial charge is 0.336 e. The van der Waals surface area contributed by atoms with Gasteiger partial charge in [0.2, 0.25) is 0 Å². The molecule has 0 fully saturated rings. The number of carbonyl (C=O) groups is 1. The molecule has 30 heavy (non-hydrogen) atoms. The highest BCUT2D eigenvalue weighted by molar-refractivity contribution is 5.92. The molecular formula is C27H31NO2. The molecule has 0 amide bonds. The SMILES string of the molecule is CCOC(=O)C1=C(NCC(C)C)C=C(/C=C/c2ccccc2)CC1c1ccccc1. The van der Waals surface area contributed by atoms with Gasteiger partial charge in [0.05, 0.1) is 12.2 Å². The van der Waals surface area contributed by atoms with Gasteiger partial charge < -0.3 is 10.1 Å². The molecule has 1 atom stereocenters. The molecule has 2 aromatic rings. The average Bonchev–Trinajstić information content (AvgIpc) is 2.77. The third-order valence-electron chi connectivity index (χ3n) is 5.10. The number of carbonyl (C=O) groups excluding carboxylic acids is 1. The van der Waals surface area contributed by atoms with E-state index in [-0.39, 0.29) is 11.9 Å². The Bertz CT molecular complexity index is 924. The maximum Gasteiger partial charge on any atom is 0.336 e. The van der Waals surface area contributed by atoms with Crippen molar-refractivity contribution in [3.8, 4) is 0 Å². The van der Waals surface area contributed by atoms with Crippen molar-refractivity contribution in [1.29, 1.82) is 0 Å². The summed E-state index contributed by atoms with van der Waals surface area (Å²) in [5, 5.41) is 3.51. The van der Waals surface area contributed by atoms with Crippen molar-refractivity contribution < 1.29 is 9.53 Å². The number of rotatable bonds is 8. The van der Waals surface area contributed by atoms with Crippen LogP contribution in [0.15, 0.2) is 89.7 Å². The molecule has 0 saturated carbocycles. The van der Waals surface area contributed by atoms with Gasteiger partial charge in [0.25, 0.3) is 0 Å². The quantitative estimate of drug-likeness (QED) is 0.562. The maximum absolute atomic E-state index is 13.0. The van der Waals surface area contributed by atoms with Crippen LogP contribution in [0, 0.1) is 5.92 Å². The summed E-state index contributed by atoms with van der Waals surface area (Å²) >= 11 is 0. The minimum absolute atomic E-state index is 0.0414. The third-order valence-corrected chi connectivity index (χ3v) is 5.10. The fourth-order valence-electron chi connectivity index (χ4n) is 3.62. The first kappa shape index (κ1) is 21.6. The number of hydrogen-bond acceptors (Lipinski definition) is 3. The molecule has 3 heteroatoms. The van der Waals surface area contributed by atoms with Gasteiger partial charge in [-0.1, -0.05) is 86.7 Å². The first-order valence-electron chi connectivity index (χ1n) is 10.7. The van der Waals surface area contributed by atoms with Crippen molar-refractivity contribution in [2.24, 2.45) is 5.92 Å². The Hall–Kier alpha value is -3.07. The summed E-state index contributed by atoms with van der Waals surface area (Å²) in [6, 6.07) is 20.5. The van der Waals surface area contributed by atoms with Crippen molar-refractivity contribution >= 4 is 12.0 Å².